The summed E-state index contributed by atoms with van der Waals surface area (Å²) < 4.78 is 16.4. The van der Waals surface area contributed by atoms with Gasteiger partial charge in [0, 0.05) is 25.6 Å². The first kappa shape index (κ1) is 21.6. The molecule has 8 heteroatoms. The van der Waals surface area contributed by atoms with Crippen molar-refractivity contribution >= 4 is 29.4 Å². The number of morpholine rings is 1. The van der Waals surface area contributed by atoms with E-state index in [0.29, 0.717) is 54.6 Å². The van der Waals surface area contributed by atoms with E-state index in [9.17, 15) is 14.4 Å². The quantitative estimate of drug-likeness (QED) is 0.670. The zero-order valence-electron chi connectivity index (χ0n) is 18.0. The van der Waals surface area contributed by atoms with Crippen LogP contribution >= 0.6 is 0 Å². The number of allylic oxidation sites excluding steroid dienone is 1. The zero-order chi connectivity index (χ0) is 22.7. The number of hydrogen-bond acceptors (Lipinski definition) is 6. The van der Waals surface area contributed by atoms with E-state index in [1.54, 1.807) is 53.4 Å². The maximum Gasteiger partial charge on any atom is 0.260 e. The zero-order valence-corrected chi connectivity index (χ0v) is 18.0. The molecule has 2 aliphatic heterocycles. The van der Waals surface area contributed by atoms with Gasteiger partial charge in [0.15, 0.2) is 18.1 Å². The van der Waals surface area contributed by atoms with Crippen molar-refractivity contribution in [2.75, 3.05) is 44.9 Å². The summed E-state index contributed by atoms with van der Waals surface area (Å²) in [6.07, 6.45) is 1.65. The van der Waals surface area contributed by atoms with Gasteiger partial charge in [-0.25, -0.2) is 0 Å². The highest BCUT2D eigenvalue weighted by Crippen LogP contribution is 2.36. The molecule has 1 fully saturated rings. The molecule has 166 valence electrons. The average molecular weight is 436 g/mol. The Labute approximate surface area is 186 Å². The third kappa shape index (κ3) is 4.22. The fourth-order valence-corrected chi connectivity index (χ4v) is 3.79. The molecule has 0 N–H and O–H groups in total. The average Bonchev–Trinajstić information content (AvgIpc) is 3.10. The van der Waals surface area contributed by atoms with Gasteiger partial charge in [0.05, 0.1) is 31.7 Å². The van der Waals surface area contributed by atoms with E-state index in [4.69, 9.17) is 14.2 Å². The molecular formula is C24H24N2O6. The van der Waals surface area contributed by atoms with Crippen LogP contribution in [0.4, 0.5) is 5.69 Å². The van der Waals surface area contributed by atoms with Crippen molar-refractivity contribution in [3.63, 3.8) is 0 Å². The number of carbonyl (C=O) groups is 3. The predicted molar refractivity (Wildman–Crippen MR) is 118 cm³/mol. The number of amides is 2. The SMILES string of the molecule is COc1cc(C=C2C(=O)c3ccccc3N2C(C)=O)ccc1OCC(=O)N1CCOCC1. The number of methoxy groups -OCH3 is 1. The Morgan fingerprint density at radius 1 is 1.09 bits per heavy atom. The Kier molecular flexibility index (Phi) is 6.23. The third-order valence-electron chi connectivity index (χ3n) is 5.38. The molecule has 2 aliphatic rings. The molecule has 0 unspecified atom stereocenters. The summed E-state index contributed by atoms with van der Waals surface area (Å²) in [5.74, 6) is 0.259. The first-order chi connectivity index (χ1) is 15.5. The van der Waals surface area contributed by atoms with E-state index in [-0.39, 0.29) is 29.9 Å². The second-order valence-electron chi connectivity index (χ2n) is 7.42. The molecule has 0 bridgehead atoms. The molecule has 32 heavy (non-hydrogen) atoms. The van der Waals surface area contributed by atoms with Gasteiger partial charge >= 0.3 is 0 Å². The lowest BCUT2D eigenvalue weighted by Gasteiger charge is -2.26. The first-order valence-electron chi connectivity index (χ1n) is 10.3. The van der Waals surface area contributed by atoms with Crippen molar-refractivity contribution < 1.29 is 28.6 Å². The summed E-state index contributed by atoms with van der Waals surface area (Å²) in [5.41, 5.74) is 2.00. The van der Waals surface area contributed by atoms with Crippen LogP contribution in [-0.4, -0.2) is 62.5 Å². The molecule has 2 aromatic carbocycles. The van der Waals surface area contributed by atoms with Crippen LogP contribution in [0, 0.1) is 0 Å². The number of anilines is 1. The fraction of sp³-hybridized carbons (Fsp3) is 0.292. The van der Waals surface area contributed by atoms with Crippen LogP contribution in [0.5, 0.6) is 11.5 Å². The van der Waals surface area contributed by atoms with E-state index in [1.165, 1.54) is 18.9 Å². The number of para-hydroxylation sites is 1. The second kappa shape index (κ2) is 9.23. The maximum absolute atomic E-state index is 12.9. The van der Waals surface area contributed by atoms with Crippen molar-refractivity contribution in [2.24, 2.45) is 0 Å². The molecule has 0 saturated carbocycles. The minimum Gasteiger partial charge on any atom is -0.493 e. The number of fused-ring (bicyclic) bond motifs is 1. The smallest absolute Gasteiger partial charge is 0.260 e. The Balaban J connectivity index is 1.55. The lowest BCUT2D eigenvalue weighted by atomic mass is 10.1. The van der Waals surface area contributed by atoms with Crippen LogP contribution in [0.15, 0.2) is 48.2 Å². The van der Waals surface area contributed by atoms with Gasteiger partial charge in [-0.3, -0.25) is 19.3 Å². The Hall–Kier alpha value is -3.65. The Bertz CT molecular complexity index is 1090. The van der Waals surface area contributed by atoms with Gasteiger partial charge in [-0.05, 0) is 35.9 Å². The molecular weight excluding hydrogens is 412 g/mol. The van der Waals surface area contributed by atoms with Crippen LogP contribution in [0.25, 0.3) is 6.08 Å². The van der Waals surface area contributed by atoms with Gasteiger partial charge in [0.25, 0.3) is 5.91 Å². The van der Waals surface area contributed by atoms with Crippen LogP contribution < -0.4 is 14.4 Å². The van der Waals surface area contributed by atoms with Crippen LogP contribution in [-0.2, 0) is 14.3 Å². The summed E-state index contributed by atoms with van der Waals surface area (Å²) in [7, 11) is 1.50. The van der Waals surface area contributed by atoms with Gasteiger partial charge in [-0.15, -0.1) is 0 Å². The van der Waals surface area contributed by atoms with Gasteiger partial charge in [-0.1, -0.05) is 18.2 Å². The summed E-state index contributed by atoms with van der Waals surface area (Å²) in [6.45, 7) is 3.47. The summed E-state index contributed by atoms with van der Waals surface area (Å²) in [5, 5.41) is 0. The third-order valence-corrected chi connectivity index (χ3v) is 5.38. The highest BCUT2D eigenvalue weighted by atomic mass is 16.5. The highest BCUT2D eigenvalue weighted by molar-refractivity contribution is 6.26. The number of ether oxygens (including phenoxy) is 3. The molecule has 0 spiro atoms. The van der Waals surface area contributed by atoms with Gasteiger partial charge in [0.2, 0.25) is 11.7 Å². The molecule has 1 saturated heterocycles. The molecule has 0 aliphatic carbocycles. The lowest BCUT2D eigenvalue weighted by molar-refractivity contribution is -0.137. The number of hydrogen-bond donors (Lipinski definition) is 0. The fourth-order valence-electron chi connectivity index (χ4n) is 3.79. The molecule has 2 aromatic rings. The largest absolute Gasteiger partial charge is 0.493 e. The van der Waals surface area contributed by atoms with Crippen LogP contribution in [0.3, 0.4) is 0 Å². The van der Waals surface area contributed by atoms with E-state index >= 15 is 0 Å². The molecule has 0 atom stereocenters. The number of rotatable bonds is 5. The number of Topliss-reactive ketones (excluding diaryl/α,β-unsaturated/α-hetero) is 1. The normalized spacial score (nSPS) is 16.8. The summed E-state index contributed by atoms with van der Waals surface area (Å²) in [4.78, 5) is 40.6. The van der Waals surface area contributed by atoms with Crippen LogP contribution in [0.1, 0.15) is 22.8 Å². The van der Waals surface area contributed by atoms with Gasteiger partial charge in [-0.2, -0.15) is 0 Å². The van der Waals surface area contributed by atoms with E-state index in [0.717, 1.165) is 0 Å². The standard InChI is InChI=1S/C24H24N2O6/c1-16(27)26-19-6-4-3-5-18(19)24(29)20(26)13-17-7-8-21(22(14-17)30-2)32-15-23(28)25-9-11-31-12-10-25/h3-8,13-14H,9-12,15H2,1-2H3. The van der Waals surface area contributed by atoms with Gasteiger partial charge in [0.1, 0.15) is 0 Å². The van der Waals surface area contributed by atoms with Gasteiger partial charge < -0.3 is 19.1 Å². The monoisotopic (exact) mass is 436 g/mol. The van der Waals surface area contributed by atoms with Crippen molar-refractivity contribution in [1.82, 2.24) is 4.90 Å². The highest BCUT2D eigenvalue weighted by Gasteiger charge is 2.34. The van der Waals surface area contributed by atoms with Crippen LogP contribution in [0.2, 0.25) is 0 Å². The minimum atomic E-state index is -0.247. The van der Waals surface area contributed by atoms with Crippen molar-refractivity contribution in [3.05, 3.63) is 59.3 Å². The molecule has 0 aromatic heterocycles. The van der Waals surface area contributed by atoms with Crippen molar-refractivity contribution in [1.29, 1.82) is 0 Å². The lowest BCUT2D eigenvalue weighted by Crippen LogP contribution is -2.43. The Morgan fingerprint density at radius 3 is 2.56 bits per heavy atom. The van der Waals surface area contributed by atoms with E-state index in [2.05, 4.69) is 0 Å². The topological polar surface area (TPSA) is 85.4 Å². The van der Waals surface area contributed by atoms with Crippen molar-refractivity contribution in [2.45, 2.75) is 6.92 Å². The number of ketones is 1. The molecule has 8 nitrogen and oxygen atoms in total. The molecule has 0 radical (unpaired) electrons. The molecule has 2 amide bonds. The minimum absolute atomic E-state index is 0.108. The Morgan fingerprint density at radius 2 is 1.84 bits per heavy atom. The molecule has 2 heterocycles. The maximum atomic E-state index is 12.9. The first-order valence-corrected chi connectivity index (χ1v) is 10.3. The predicted octanol–water partition coefficient (Wildman–Crippen LogP) is 2.52. The number of nitrogens with zero attached hydrogens (tertiary/aromatic N) is 2. The second-order valence-corrected chi connectivity index (χ2v) is 7.42. The summed E-state index contributed by atoms with van der Waals surface area (Å²) >= 11 is 0. The number of benzene rings is 2. The molecule has 4 rings (SSSR count). The van der Waals surface area contributed by atoms with E-state index in [1.807, 2.05) is 0 Å². The number of carbonyl (C=O) groups excluding carboxylic acids is 3. The van der Waals surface area contributed by atoms with Crippen molar-refractivity contribution in [3.8, 4) is 11.5 Å². The summed E-state index contributed by atoms with van der Waals surface area (Å²) in [6, 6.07) is 12.1. The van der Waals surface area contributed by atoms with E-state index < -0.39 is 0 Å².